The van der Waals surface area contributed by atoms with Crippen molar-refractivity contribution in [1.29, 1.82) is 0 Å². The summed E-state index contributed by atoms with van der Waals surface area (Å²) < 4.78 is 73.5. The maximum Gasteiger partial charge on any atom is 0.414 e. The number of carbonyl (C=O) groups is 1. The van der Waals surface area contributed by atoms with Crippen LogP contribution in [0.3, 0.4) is 0 Å². The van der Waals surface area contributed by atoms with E-state index in [2.05, 4.69) is 10.3 Å². The van der Waals surface area contributed by atoms with Crippen molar-refractivity contribution < 1.29 is 41.0 Å². The Balaban J connectivity index is 1.45. The number of aryl methyl sites for hydroxylation is 1. The number of sulfone groups is 1. The number of pyridine rings is 1. The van der Waals surface area contributed by atoms with Crippen LogP contribution < -0.4 is 10.1 Å². The van der Waals surface area contributed by atoms with Crippen molar-refractivity contribution in [2.75, 3.05) is 25.6 Å². The van der Waals surface area contributed by atoms with E-state index in [0.29, 0.717) is 39.9 Å². The third-order valence-corrected chi connectivity index (χ3v) is 8.64. The summed E-state index contributed by atoms with van der Waals surface area (Å²) in [5, 5.41) is 14.0. The number of amides is 1. The van der Waals surface area contributed by atoms with Crippen molar-refractivity contribution in [1.82, 2.24) is 10.3 Å². The minimum absolute atomic E-state index is 0.0341. The van der Waals surface area contributed by atoms with Crippen LogP contribution in [-0.2, 0) is 14.6 Å². The van der Waals surface area contributed by atoms with E-state index in [0.717, 1.165) is 0 Å². The molecule has 2 heterocycles. The molecule has 2 N–H and O–H groups in total. The summed E-state index contributed by atoms with van der Waals surface area (Å²) in [6.07, 6.45) is -5.91. The zero-order valence-corrected chi connectivity index (χ0v) is 22.9. The third kappa shape index (κ3) is 6.91. The van der Waals surface area contributed by atoms with Crippen LogP contribution in [0.1, 0.15) is 47.4 Å². The number of hydrogen-bond acceptors (Lipinski definition) is 7. The van der Waals surface area contributed by atoms with Crippen LogP contribution in [0.25, 0.3) is 10.8 Å². The summed E-state index contributed by atoms with van der Waals surface area (Å²) in [6.45, 7) is 3.02. The Bertz CT molecular complexity index is 1450. The van der Waals surface area contributed by atoms with Crippen molar-refractivity contribution in [3.63, 3.8) is 0 Å². The average Bonchev–Trinajstić information content (AvgIpc) is 2.93. The first kappa shape index (κ1) is 29.8. The maximum atomic E-state index is 13.0. The largest absolute Gasteiger partial charge is 0.477 e. The molecule has 1 aromatic heterocycles. The van der Waals surface area contributed by atoms with Gasteiger partial charge in [-0.25, -0.2) is 13.4 Å². The van der Waals surface area contributed by atoms with E-state index in [1.807, 2.05) is 0 Å². The van der Waals surface area contributed by atoms with Crippen molar-refractivity contribution in [3.05, 3.63) is 65.4 Å². The van der Waals surface area contributed by atoms with Crippen LogP contribution in [0.4, 0.5) is 13.2 Å². The zero-order valence-electron chi connectivity index (χ0n) is 22.1. The van der Waals surface area contributed by atoms with Gasteiger partial charge in [-0.05, 0) is 67.1 Å². The number of nitrogens with zero attached hydrogens (tertiary/aromatic N) is 1. The summed E-state index contributed by atoms with van der Waals surface area (Å²) in [4.78, 5) is 17.6. The number of aromatic nitrogens is 1. The van der Waals surface area contributed by atoms with Gasteiger partial charge >= 0.3 is 6.18 Å². The fourth-order valence-corrected chi connectivity index (χ4v) is 5.43. The minimum atomic E-state index is -4.37. The number of fused-ring (bicyclic) bond motifs is 1. The Hall–Kier alpha value is -3.22. The van der Waals surface area contributed by atoms with Crippen molar-refractivity contribution in [3.8, 4) is 5.88 Å². The molecule has 1 amide bonds. The lowest BCUT2D eigenvalue weighted by molar-refractivity contribution is -0.236. The van der Waals surface area contributed by atoms with Gasteiger partial charge in [-0.2, -0.15) is 13.2 Å². The van der Waals surface area contributed by atoms with Gasteiger partial charge in [0.2, 0.25) is 5.88 Å². The van der Waals surface area contributed by atoms with E-state index < -0.39 is 40.7 Å². The number of benzene rings is 2. The number of hydrogen-bond donors (Lipinski definition) is 2. The fraction of sp³-hybridized carbons (Fsp3) is 0.429. The van der Waals surface area contributed by atoms with E-state index in [-0.39, 0.29) is 36.2 Å². The van der Waals surface area contributed by atoms with E-state index in [1.54, 1.807) is 50.2 Å². The zero-order chi connectivity index (χ0) is 29.1. The van der Waals surface area contributed by atoms with Crippen LogP contribution >= 0.6 is 0 Å². The molecule has 0 saturated carbocycles. The molecule has 4 rings (SSSR count). The number of carbonyl (C=O) groups excluding carboxylic acids is 1. The Morgan fingerprint density at radius 2 is 1.90 bits per heavy atom. The summed E-state index contributed by atoms with van der Waals surface area (Å²) >= 11 is 0. The summed E-state index contributed by atoms with van der Waals surface area (Å²) in [6, 6.07) is 12.0. The summed E-state index contributed by atoms with van der Waals surface area (Å²) in [7, 11) is -3.37. The van der Waals surface area contributed by atoms with Crippen molar-refractivity contribution >= 4 is 26.5 Å². The van der Waals surface area contributed by atoms with Crippen LogP contribution in [0.2, 0.25) is 0 Å². The summed E-state index contributed by atoms with van der Waals surface area (Å²) in [5.74, 6) is -0.363. The molecule has 3 aromatic rings. The van der Waals surface area contributed by atoms with Gasteiger partial charge in [-0.1, -0.05) is 19.1 Å². The molecule has 0 spiro atoms. The van der Waals surface area contributed by atoms with Crippen molar-refractivity contribution in [2.45, 2.75) is 49.9 Å². The lowest BCUT2D eigenvalue weighted by Gasteiger charge is -2.30. The molecule has 40 heavy (non-hydrogen) atoms. The molecular formula is C28H31F3N2O6S. The van der Waals surface area contributed by atoms with Gasteiger partial charge in [0.25, 0.3) is 5.91 Å². The highest BCUT2D eigenvalue weighted by Gasteiger charge is 2.43. The molecule has 2 aromatic carbocycles. The van der Waals surface area contributed by atoms with Gasteiger partial charge in [0.15, 0.2) is 15.9 Å². The molecule has 1 saturated heterocycles. The average molecular weight is 581 g/mol. The van der Waals surface area contributed by atoms with Crippen LogP contribution in [0, 0.1) is 12.8 Å². The Morgan fingerprint density at radius 1 is 1.18 bits per heavy atom. The second kappa shape index (κ2) is 12.1. The number of halogens is 3. The van der Waals surface area contributed by atoms with Gasteiger partial charge in [-0.15, -0.1) is 0 Å². The molecule has 0 unspecified atom stereocenters. The van der Waals surface area contributed by atoms with Gasteiger partial charge < -0.3 is 19.9 Å². The number of rotatable bonds is 9. The van der Waals surface area contributed by atoms with Gasteiger partial charge in [0.1, 0.15) is 0 Å². The molecule has 1 fully saturated rings. The molecule has 3 atom stereocenters. The predicted octanol–water partition coefficient (Wildman–Crippen LogP) is 4.54. The first-order valence-electron chi connectivity index (χ1n) is 12.9. The highest BCUT2D eigenvalue weighted by atomic mass is 32.2. The predicted molar refractivity (Wildman–Crippen MR) is 142 cm³/mol. The second-order valence-electron chi connectivity index (χ2n) is 9.80. The quantitative estimate of drug-likeness (QED) is 0.382. The Labute approximate surface area is 230 Å². The lowest BCUT2D eigenvalue weighted by Crippen LogP contribution is -2.38. The van der Waals surface area contributed by atoms with Crippen LogP contribution in [-0.4, -0.2) is 62.3 Å². The maximum absolute atomic E-state index is 13.0. The highest BCUT2D eigenvalue weighted by Crippen LogP contribution is 2.32. The first-order valence-corrected chi connectivity index (χ1v) is 14.5. The lowest BCUT2D eigenvalue weighted by atomic mass is 9.99. The molecule has 0 radical (unpaired) electrons. The standard InChI is InChI=1S/C28H31F3N2O6S/c1-3-40(36,37)22-8-5-19(6-9-22)24(14-34)33-26(35)20-7-10-23-21(13-20)12-17(2)32-27(23)39-16-18-4-11-25(38-15-18)28(29,30)31/h5-10,12-13,18,24-25,34H,3-4,11,14-16H2,1-2H3,(H,33,35)/t18-,24-,25+/m0/s1. The van der Waals surface area contributed by atoms with E-state index in [1.165, 1.54) is 12.1 Å². The second-order valence-corrected chi connectivity index (χ2v) is 12.1. The van der Waals surface area contributed by atoms with E-state index >= 15 is 0 Å². The highest BCUT2D eigenvalue weighted by molar-refractivity contribution is 7.91. The monoisotopic (exact) mass is 580 g/mol. The molecular weight excluding hydrogens is 549 g/mol. The third-order valence-electron chi connectivity index (χ3n) is 6.89. The molecule has 8 nitrogen and oxygen atoms in total. The number of alkyl halides is 3. The van der Waals surface area contributed by atoms with Gasteiger partial charge in [0, 0.05) is 22.6 Å². The number of nitrogens with one attached hydrogen (secondary N) is 1. The topological polar surface area (TPSA) is 115 Å². The molecule has 1 aliphatic heterocycles. The van der Waals surface area contributed by atoms with Crippen LogP contribution in [0.5, 0.6) is 5.88 Å². The molecule has 1 aliphatic rings. The van der Waals surface area contributed by atoms with E-state index in [4.69, 9.17) is 9.47 Å². The molecule has 0 bridgehead atoms. The van der Waals surface area contributed by atoms with E-state index in [9.17, 15) is 31.5 Å². The van der Waals surface area contributed by atoms with Crippen molar-refractivity contribution in [2.24, 2.45) is 5.92 Å². The first-order chi connectivity index (χ1) is 18.9. The molecule has 12 heteroatoms. The van der Waals surface area contributed by atoms with Gasteiger partial charge in [-0.3, -0.25) is 4.79 Å². The molecule has 216 valence electrons. The van der Waals surface area contributed by atoms with Gasteiger partial charge in [0.05, 0.1) is 36.5 Å². The fourth-order valence-electron chi connectivity index (χ4n) is 4.55. The number of ether oxygens (including phenoxy) is 2. The Morgan fingerprint density at radius 3 is 2.50 bits per heavy atom. The minimum Gasteiger partial charge on any atom is -0.477 e. The SMILES string of the molecule is CCS(=O)(=O)c1ccc([C@H](CO)NC(=O)c2ccc3c(OC[C@H]4CC[C@H](C(F)(F)F)OC4)nc(C)cc3c2)cc1. The van der Waals surface area contributed by atoms with Crippen LogP contribution in [0.15, 0.2) is 53.4 Å². The smallest absolute Gasteiger partial charge is 0.414 e. The number of aliphatic hydroxyl groups is 1. The summed E-state index contributed by atoms with van der Waals surface area (Å²) in [5.41, 5.74) is 1.51. The molecule has 0 aliphatic carbocycles. The number of aliphatic hydroxyl groups excluding tert-OH is 1. The normalized spacial score (nSPS) is 18.9. The Kier molecular flexibility index (Phi) is 9.01.